The molecule has 0 aliphatic carbocycles. The van der Waals surface area contributed by atoms with Crippen molar-refractivity contribution in [2.45, 2.75) is 13.3 Å². The Balaban J connectivity index is 2.72. The van der Waals surface area contributed by atoms with E-state index in [2.05, 4.69) is 4.98 Å². The van der Waals surface area contributed by atoms with Crippen LogP contribution in [0.4, 0.5) is 4.39 Å². The van der Waals surface area contributed by atoms with Crippen LogP contribution in [0.3, 0.4) is 0 Å². The minimum atomic E-state index is -0.243. The Morgan fingerprint density at radius 3 is 2.92 bits per heavy atom. The van der Waals surface area contributed by atoms with Crippen molar-refractivity contribution in [1.29, 1.82) is 0 Å². The largest absolute Gasteiger partial charge is 0.384 e. The Morgan fingerprint density at radius 2 is 2.33 bits per heavy atom. The van der Waals surface area contributed by atoms with Gasteiger partial charge in [0.1, 0.15) is 5.82 Å². The molecular weight excluding hydrogens is 157 g/mol. The van der Waals surface area contributed by atoms with Crippen LogP contribution in [0.2, 0.25) is 0 Å². The van der Waals surface area contributed by atoms with Gasteiger partial charge >= 0.3 is 0 Å². The molecule has 0 N–H and O–H groups in total. The van der Waals surface area contributed by atoms with Crippen LogP contribution in [0, 0.1) is 12.7 Å². The molecule has 1 aromatic heterocycles. The highest BCUT2D eigenvalue weighted by atomic mass is 19.1. The van der Waals surface area contributed by atoms with Crippen LogP contribution in [0.15, 0.2) is 12.3 Å². The molecule has 0 fully saturated rings. The van der Waals surface area contributed by atoms with Crippen molar-refractivity contribution in [2.75, 3.05) is 13.7 Å². The maximum Gasteiger partial charge on any atom is 0.145 e. The number of aryl methyl sites for hydroxylation is 1. The highest BCUT2D eigenvalue weighted by Gasteiger charge is 2.02. The molecule has 1 heterocycles. The van der Waals surface area contributed by atoms with Crippen LogP contribution in [0.1, 0.15) is 11.3 Å². The van der Waals surface area contributed by atoms with Crippen LogP contribution < -0.4 is 0 Å². The lowest BCUT2D eigenvalue weighted by Gasteiger charge is -2.01. The molecule has 0 atom stereocenters. The lowest BCUT2D eigenvalue weighted by molar-refractivity contribution is 0.200. The van der Waals surface area contributed by atoms with Gasteiger partial charge in [-0.1, -0.05) is 0 Å². The fourth-order valence-electron chi connectivity index (χ4n) is 0.945. The third-order valence-corrected chi connectivity index (χ3v) is 1.60. The summed E-state index contributed by atoms with van der Waals surface area (Å²) in [4.78, 5) is 3.96. The van der Waals surface area contributed by atoms with Gasteiger partial charge in [0.25, 0.3) is 0 Å². The van der Waals surface area contributed by atoms with Crippen molar-refractivity contribution >= 4 is 0 Å². The number of ether oxygens (including phenoxy) is 1. The molecular formula is C9H12FNO. The van der Waals surface area contributed by atoms with Gasteiger partial charge in [-0.05, 0) is 18.6 Å². The van der Waals surface area contributed by atoms with Gasteiger partial charge in [-0.15, -0.1) is 0 Å². The first-order valence-electron chi connectivity index (χ1n) is 3.84. The Bertz CT molecular complexity index is 263. The number of methoxy groups -OCH3 is 1. The fraction of sp³-hybridized carbons (Fsp3) is 0.444. The molecule has 0 bridgehead atoms. The SMILES string of the molecule is COCCc1ncc(C)cc1F. The normalized spacial score (nSPS) is 10.2. The third-order valence-electron chi connectivity index (χ3n) is 1.60. The highest BCUT2D eigenvalue weighted by molar-refractivity contribution is 5.14. The molecule has 0 aliphatic rings. The second-order valence-electron chi connectivity index (χ2n) is 2.68. The quantitative estimate of drug-likeness (QED) is 0.687. The predicted molar refractivity (Wildman–Crippen MR) is 44.5 cm³/mol. The smallest absolute Gasteiger partial charge is 0.145 e. The number of nitrogens with zero attached hydrogens (tertiary/aromatic N) is 1. The number of pyridine rings is 1. The van der Waals surface area contributed by atoms with Crippen molar-refractivity contribution < 1.29 is 9.13 Å². The zero-order valence-electron chi connectivity index (χ0n) is 7.30. The molecule has 0 amide bonds. The van der Waals surface area contributed by atoms with E-state index in [1.54, 1.807) is 13.3 Å². The summed E-state index contributed by atoms with van der Waals surface area (Å²) in [7, 11) is 1.59. The number of hydrogen-bond acceptors (Lipinski definition) is 2. The lowest BCUT2D eigenvalue weighted by Crippen LogP contribution is -2.00. The minimum absolute atomic E-state index is 0.243. The second-order valence-corrected chi connectivity index (χ2v) is 2.68. The molecule has 2 nitrogen and oxygen atoms in total. The number of hydrogen-bond donors (Lipinski definition) is 0. The first kappa shape index (κ1) is 9.13. The topological polar surface area (TPSA) is 22.1 Å². The Labute approximate surface area is 71.4 Å². The van der Waals surface area contributed by atoms with Gasteiger partial charge < -0.3 is 4.74 Å². The van der Waals surface area contributed by atoms with Gasteiger partial charge in [-0.3, -0.25) is 4.98 Å². The van der Waals surface area contributed by atoms with E-state index in [0.717, 1.165) is 5.56 Å². The standard InChI is InChI=1S/C9H12FNO/c1-7-5-8(10)9(11-6-7)3-4-12-2/h5-6H,3-4H2,1-2H3. The van der Waals surface area contributed by atoms with E-state index in [9.17, 15) is 4.39 Å². The molecule has 0 aromatic carbocycles. The molecule has 1 aromatic rings. The van der Waals surface area contributed by atoms with Crippen LogP contribution in [-0.4, -0.2) is 18.7 Å². The first-order chi connectivity index (χ1) is 5.74. The summed E-state index contributed by atoms with van der Waals surface area (Å²) in [6, 6.07) is 1.48. The Hall–Kier alpha value is -0.960. The molecule has 0 radical (unpaired) electrons. The molecule has 0 aliphatic heterocycles. The molecule has 3 heteroatoms. The zero-order chi connectivity index (χ0) is 8.97. The summed E-state index contributed by atoms with van der Waals surface area (Å²) in [5.41, 5.74) is 1.32. The van der Waals surface area contributed by atoms with E-state index >= 15 is 0 Å². The maximum absolute atomic E-state index is 13.1. The van der Waals surface area contributed by atoms with Crippen molar-refractivity contribution in [1.82, 2.24) is 4.98 Å². The molecule has 0 saturated heterocycles. The fourth-order valence-corrected chi connectivity index (χ4v) is 0.945. The molecule has 0 unspecified atom stereocenters. The van der Waals surface area contributed by atoms with Crippen molar-refractivity contribution in [3.63, 3.8) is 0 Å². The van der Waals surface area contributed by atoms with Crippen LogP contribution in [-0.2, 0) is 11.2 Å². The van der Waals surface area contributed by atoms with E-state index in [4.69, 9.17) is 4.74 Å². The van der Waals surface area contributed by atoms with Gasteiger partial charge in [0.05, 0.1) is 12.3 Å². The van der Waals surface area contributed by atoms with E-state index in [1.807, 2.05) is 6.92 Å². The zero-order valence-corrected chi connectivity index (χ0v) is 7.30. The molecule has 0 spiro atoms. The van der Waals surface area contributed by atoms with E-state index in [-0.39, 0.29) is 5.82 Å². The summed E-state index contributed by atoms with van der Waals surface area (Å²) >= 11 is 0. The van der Waals surface area contributed by atoms with Crippen LogP contribution in [0.5, 0.6) is 0 Å². The van der Waals surface area contributed by atoms with Crippen molar-refractivity contribution in [3.05, 3.63) is 29.3 Å². The van der Waals surface area contributed by atoms with Crippen LogP contribution in [0.25, 0.3) is 0 Å². The average molecular weight is 169 g/mol. The second kappa shape index (κ2) is 4.16. The third kappa shape index (κ3) is 2.27. The summed E-state index contributed by atoms with van der Waals surface area (Å²) in [5, 5.41) is 0. The van der Waals surface area contributed by atoms with Gasteiger partial charge in [0.15, 0.2) is 0 Å². The molecule has 1 rings (SSSR count). The van der Waals surface area contributed by atoms with Crippen molar-refractivity contribution in [2.24, 2.45) is 0 Å². The molecule has 66 valence electrons. The molecule has 0 saturated carbocycles. The predicted octanol–water partition coefficient (Wildman–Crippen LogP) is 1.72. The highest BCUT2D eigenvalue weighted by Crippen LogP contribution is 2.06. The van der Waals surface area contributed by atoms with Crippen molar-refractivity contribution in [3.8, 4) is 0 Å². The summed E-state index contributed by atoms with van der Waals surface area (Å²) in [6.07, 6.45) is 2.19. The summed E-state index contributed by atoms with van der Waals surface area (Å²) in [5.74, 6) is -0.243. The van der Waals surface area contributed by atoms with Gasteiger partial charge in [0, 0.05) is 19.7 Å². The maximum atomic E-state index is 13.1. The summed E-state index contributed by atoms with van der Waals surface area (Å²) in [6.45, 7) is 2.32. The van der Waals surface area contributed by atoms with Crippen LogP contribution >= 0.6 is 0 Å². The lowest BCUT2D eigenvalue weighted by atomic mass is 10.2. The molecule has 12 heavy (non-hydrogen) atoms. The number of aromatic nitrogens is 1. The van der Waals surface area contributed by atoms with Gasteiger partial charge in [0.2, 0.25) is 0 Å². The minimum Gasteiger partial charge on any atom is -0.384 e. The monoisotopic (exact) mass is 169 g/mol. The van der Waals surface area contributed by atoms with E-state index in [1.165, 1.54) is 6.07 Å². The van der Waals surface area contributed by atoms with Gasteiger partial charge in [-0.25, -0.2) is 4.39 Å². The first-order valence-corrected chi connectivity index (χ1v) is 3.84. The van der Waals surface area contributed by atoms with E-state index < -0.39 is 0 Å². The Kier molecular flexibility index (Phi) is 3.17. The Morgan fingerprint density at radius 1 is 1.58 bits per heavy atom. The van der Waals surface area contributed by atoms with E-state index in [0.29, 0.717) is 18.7 Å². The van der Waals surface area contributed by atoms with Gasteiger partial charge in [-0.2, -0.15) is 0 Å². The average Bonchev–Trinajstić information content (AvgIpc) is 2.03. The number of halogens is 1. The summed E-state index contributed by atoms with van der Waals surface area (Å²) < 4.78 is 17.9. The number of rotatable bonds is 3.